The number of nitrogens with one attached hydrogen (secondary N) is 2. The largest absolute Gasteiger partial charge is 0.481 e. The number of hydrogen-bond donors (Lipinski definition) is 3. The van der Waals surface area contributed by atoms with E-state index >= 15 is 0 Å². The maximum atomic E-state index is 13.4. The molecule has 1 saturated heterocycles. The summed E-state index contributed by atoms with van der Waals surface area (Å²) in [5.74, 6) is -2.75. The zero-order valence-corrected chi connectivity index (χ0v) is 18.7. The fraction of sp³-hybridized carbons (Fsp3) is 0.280. The van der Waals surface area contributed by atoms with Crippen molar-refractivity contribution in [2.45, 2.75) is 37.4 Å². The van der Waals surface area contributed by atoms with Crippen LogP contribution in [-0.4, -0.2) is 40.6 Å². The molecule has 1 fully saturated rings. The van der Waals surface area contributed by atoms with E-state index in [1.54, 1.807) is 12.1 Å². The molecule has 2 aromatic carbocycles. The lowest BCUT2D eigenvalue weighted by Gasteiger charge is -2.14. The van der Waals surface area contributed by atoms with Crippen LogP contribution in [0.15, 0.2) is 53.3 Å². The molecule has 1 amide bonds. The molecule has 0 aliphatic carbocycles. The molecule has 36 heavy (non-hydrogen) atoms. The number of fused-ring (bicyclic) bond motifs is 1. The minimum absolute atomic E-state index is 0.0246. The number of H-pyrrole nitrogens is 1. The van der Waals surface area contributed by atoms with Gasteiger partial charge in [-0.3, -0.25) is 19.2 Å². The third-order valence-electron chi connectivity index (χ3n) is 5.97. The fourth-order valence-electron chi connectivity index (χ4n) is 4.23. The lowest BCUT2D eigenvalue weighted by Crippen LogP contribution is -2.31. The first-order valence-corrected chi connectivity index (χ1v) is 11.0. The molecule has 1 aromatic heterocycles. The van der Waals surface area contributed by atoms with Crippen molar-refractivity contribution in [2.24, 2.45) is 0 Å². The number of alkyl halides is 3. The second kappa shape index (κ2) is 9.84. The number of aromatic amines is 1. The van der Waals surface area contributed by atoms with E-state index in [1.165, 1.54) is 30.3 Å². The van der Waals surface area contributed by atoms with Gasteiger partial charge in [-0.05, 0) is 35.6 Å². The van der Waals surface area contributed by atoms with Crippen LogP contribution >= 0.6 is 0 Å². The van der Waals surface area contributed by atoms with E-state index in [1.807, 2.05) is 0 Å². The third-order valence-corrected chi connectivity index (χ3v) is 5.97. The van der Waals surface area contributed by atoms with Crippen molar-refractivity contribution < 1.29 is 37.4 Å². The number of hydrogen-bond acceptors (Lipinski definition) is 5. The van der Waals surface area contributed by atoms with Crippen LogP contribution < -0.4 is 10.9 Å². The van der Waals surface area contributed by atoms with Gasteiger partial charge in [-0.1, -0.05) is 30.3 Å². The molecule has 4 rings (SSSR count). The van der Waals surface area contributed by atoms with E-state index < -0.39 is 41.2 Å². The first-order chi connectivity index (χ1) is 17.0. The summed E-state index contributed by atoms with van der Waals surface area (Å²) in [6, 6.07) is 10.7. The summed E-state index contributed by atoms with van der Waals surface area (Å²) in [4.78, 5) is 50.0. The molecule has 1 unspecified atom stereocenters. The van der Waals surface area contributed by atoms with Crippen LogP contribution in [0.2, 0.25) is 0 Å². The number of ether oxygens (including phenoxy) is 1. The number of amides is 1. The molecule has 0 spiro atoms. The summed E-state index contributed by atoms with van der Waals surface area (Å²) in [5.41, 5.74) is -1.05. The Morgan fingerprint density at radius 1 is 1.06 bits per heavy atom. The Bertz CT molecular complexity index is 1400. The van der Waals surface area contributed by atoms with Crippen LogP contribution in [-0.2, 0) is 25.3 Å². The molecule has 8 nitrogen and oxygen atoms in total. The SMILES string of the molecule is O=C(O)CCC(=O)OCC1C[C@@H](c2ccc3cc(-c4ccccc4C(F)(F)F)[nH]c(=O)c3c2)C(=O)N1. The smallest absolute Gasteiger partial charge is 0.417 e. The van der Waals surface area contributed by atoms with Crippen molar-refractivity contribution in [1.29, 1.82) is 0 Å². The van der Waals surface area contributed by atoms with Gasteiger partial charge < -0.3 is 20.1 Å². The van der Waals surface area contributed by atoms with Gasteiger partial charge in [0, 0.05) is 16.6 Å². The van der Waals surface area contributed by atoms with E-state index in [0.717, 1.165) is 6.07 Å². The highest BCUT2D eigenvalue weighted by Gasteiger charge is 2.35. The van der Waals surface area contributed by atoms with Crippen molar-refractivity contribution in [3.8, 4) is 11.3 Å². The van der Waals surface area contributed by atoms with Crippen LogP contribution in [0.25, 0.3) is 22.0 Å². The summed E-state index contributed by atoms with van der Waals surface area (Å²) in [6.45, 7) is -0.114. The Labute approximate surface area is 202 Å². The Hall–Kier alpha value is -4.15. The normalized spacial score (nSPS) is 17.7. The molecule has 3 aromatic rings. The molecule has 0 bridgehead atoms. The van der Waals surface area contributed by atoms with Gasteiger partial charge >= 0.3 is 18.1 Å². The summed E-state index contributed by atoms with van der Waals surface area (Å²) in [5, 5.41) is 12.0. The average Bonchev–Trinajstić information content (AvgIpc) is 3.21. The molecule has 1 aliphatic heterocycles. The van der Waals surface area contributed by atoms with Crippen LogP contribution in [0.4, 0.5) is 13.2 Å². The minimum Gasteiger partial charge on any atom is -0.481 e. The average molecular weight is 502 g/mol. The van der Waals surface area contributed by atoms with Gasteiger partial charge in [-0.15, -0.1) is 0 Å². The predicted octanol–water partition coefficient (Wildman–Crippen LogP) is 3.59. The number of carboxylic acids is 1. The minimum atomic E-state index is -4.59. The predicted molar refractivity (Wildman–Crippen MR) is 122 cm³/mol. The van der Waals surface area contributed by atoms with Gasteiger partial charge in [0.25, 0.3) is 5.56 Å². The highest BCUT2D eigenvalue weighted by Crippen LogP contribution is 2.37. The monoisotopic (exact) mass is 502 g/mol. The first-order valence-electron chi connectivity index (χ1n) is 11.0. The highest BCUT2D eigenvalue weighted by atomic mass is 19.4. The Balaban J connectivity index is 1.54. The maximum Gasteiger partial charge on any atom is 0.417 e. The number of benzene rings is 2. The van der Waals surface area contributed by atoms with Gasteiger partial charge in [0.05, 0.1) is 30.4 Å². The van der Waals surface area contributed by atoms with Crippen molar-refractivity contribution in [1.82, 2.24) is 10.3 Å². The summed E-state index contributed by atoms with van der Waals surface area (Å²) < 4.78 is 45.3. The first kappa shape index (κ1) is 25.0. The van der Waals surface area contributed by atoms with Crippen molar-refractivity contribution in [3.63, 3.8) is 0 Å². The lowest BCUT2D eigenvalue weighted by molar-refractivity contribution is -0.148. The van der Waals surface area contributed by atoms with Gasteiger partial charge in [0.2, 0.25) is 5.91 Å². The van der Waals surface area contributed by atoms with Crippen LogP contribution in [0.3, 0.4) is 0 Å². The van der Waals surface area contributed by atoms with Gasteiger partial charge in [0.15, 0.2) is 0 Å². The summed E-state index contributed by atoms with van der Waals surface area (Å²) in [7, 11) is 0. The quantitative estimate of drug-likeness (QED) is 0.424. The number of esters is 1. The number of carbonyl (C=O) groups is 3. The standard InChI is InChI=1S/C25H21F3N2O6/c26-25(27,28)19-4-2-1-3-16(19)20-10-14-6-5-13(9-17(14)24(35)30-20)18-11-15(29-23(18)34)12-36-22(33)8-7-21(31)32/h1-6,9-10,15,18H,7-8,11-12H2,(H,29,34)(H,30,35)(H,31,32)/t15?,18-/m0/s1. The summed E-state index contributed by atoms with van der Waals surface area (Å²) >= 11 is 0. The zero-order chi connectivity index (χ0) is 26.0. The number of pyridine rings is 1. The molecule has 2 atom stereocenters. The van der Waals surface area contributed by atoms with E-state index in [9.17, 15) is 32.3 Å². The number of carbonyl (C=O) groups excluding carboxylic acids is 2. The molecule has 3 N–H and O–H groups in total. The van der Waals surface area contributed by atoms with E-state index in [4.69, 9.17) is 9.84 Å². The second-order valence-corrected chi connectivity index (χ2v) is 8.47. The van der Waals surface area contributed by atoms with Gasteiger partial charge in [-0.25, -0.2) is 0 Å². The number of aromatic nitrogens is 1. The van der Waals surface area contributed by atoms with Crippen LogP contribution in [0, 0.1) is 0 Å². The molecule has 188 valence electrons. The summed E-state index contributed by atoms with van der Waals surface area (Å²) in [6.07, 6.45) is -4.94. The molecule has 2 heterocycles. The number of aliphatic carboxylic acids is 1. The second-order valence-electron chi connectivity index (χ2n) is 8.47. The Morgan fingerprint density at radius 2 is 1.81 bits per heavy atom. The maximum absolute atomic E-state index is 13.4. The zero-order valence-electron chi connectivity index (χ0n) is 18.7. The number of rotatable bonds is 7. The van der Waals surface area contributed by atoms with Gasteiger partial charge in [0.1, 0.15) is 6.61 Å². The fourth-order valence-corrected chi connectivity index (χ4v) is 4.23. The molecule has 0 radical (unpaired) electrons. The number of halogens is 3. The lowest BCUT2D eigenvalue weighted by atomic mass is 9.93. The van der Waals surface area contributed by atoms with Crippen LogP contribution in [0.1, 0.15) is 36.3 Å². The number of carboxylic acid groups (broad SMARTS) is 1. The molecule has 1 aliphatic rings. The molecular formula is C25H21F3N2O6. The third kappa shape index (κ3) is 5.40. The van der Waals surface area contributed by atoms with Crippen molar-refractivity contribution >= 4 is 28.6 Å². The molecule has 11 heteroatoms. The van der Waals surface area contributed by atoms with E-state index in [0.29, 0.717) is 10.9 Å². The van der Waals surface area contributed by atoms with Crippen LogP contribution in [0.5, 0.6) is 0 Å². The van der Waals surface area contributed by atoms with Gasteiger partial charge in [-0.2, -0.15) is 13.2 Å². The highest BCUT2D eigenvalue weighted by molar-refractivity contribution is 5.90. The van der Waals surface area contributed by atoms with Crippen molar-refractivity contribution in [3.05, 3.63) is 70.0 Å². The van der Waals surface area contributed by atoms with E-state index in [2.05, 4.69) is 10.3 Å². The molecular weight excluding hydrogens is 481 g/mol. The Kier molecular flexibility index (Phi) is 6.82. The van der Waals surface area contributed by atoms with Crippen molar-refractivity contribution in [2.75, 3.05) is 6.61 Å². The molecule has 0 saturated carbocycles. The topological polar surface area (TPSA) is 126 Å². The van der Waals surface area contributed by atoms with E-state index in [-0.39, 0.29) is 48.4 Å². The Morgan fingerprint density at radius 3 is 2.53 bits per heavy atom.